The number of carboxylic acids is 1. The van der Waals surface area contributed by atoms with E-state index in [-0.39, 0.29) is 12.3 Å². The molecule has 0 fully saturated rings. The minimum atomic E-state index is -0.848. The van der Waals surface area contributed by atoms with Gasteiger partial charge in [0.1, 0.15) is 5.75 Å². The van der Waals surface area contributed by atoms with E-state index < -0.39 is 5.97 Å². The second kappa shape index (κ2) is 8.06. The van der Waals surface area contributed by atoms with Gasteiger partial charge < -0.3 is 9.84 Å². The van der Waals surface area contributed by atoms with E-state index in [0.717, 1.165) is 23.3 Å². The van der Waals surface area contributed by atoms with Crippen molar-refractivity contribution in [3.8, 4) is 17.6 Å². The average Bonchev–Trinajstić information content (AvgIpc) is 2.38. The molecule has 0 saturated heterocycles. The van der Waals surface area contributed by atoms with Crippen LogP contribution < -0.4 is 4.74 Å². The number of hydrogen-bond donors (Lipinski definition) is 1. The topological polar surface area (TPSA) is 46.5 Å². The summed E-state index contributed by atoms with van der Waals surface area (Å²) >= 11 is 0. The summed E-state index contributed by atoms with van der Waals surface area (Å²) in [7, 11) is 0. The first-order valence-corrected chi connectivity index (χ1v) is 6.54. The summed E-state index contributed by atoms with van der Waals surface area (Å²) < 4.78 is 5.58. The molecule has 0 amide bonds. The summed E-state index contributed by atoms with van der Waals surface area (Å²) in [5.41, 5.74) is 1.98. The molecule has 20 heavy (non-hydrogen) atoms. The van der Waals surface area contributed by atoms with E-state index in [9.17, 15) is 4.79 Å². The number of carboxylic acid groups (broad SMARTS) is 1. The van der Waals surface area contributed by atoms with Gasteiger partial charge in [-0.2, -0.15) is 0 Å². The molecular weight excluding hydrogens is 252 g/mol. The average molecular weight is 272 g/mol. The molecule has 0 aromatic heterocycles. The summed E-state index contributed by atoms with van der Waals surface area (Å²) in [6, 6.07) is 7.43. The predicted molar refractivity (Wildman–Crippen MR) is 79.8 cm³/mol. The van der Waals surface area contributed by atoms with Gasteiger partial charge in [0.15, 0.2) is 0 Å². The van der Waals surface area contributed by atoms with Crippen LogP contribution in [0.4, 0.5) is 0 Å². The second-order valence-electron chi connectivity index (χ2n) is 4.67. The zero-order valence-electron chi connectivity index (χ0n) is 12.0. The molecule has 3 heteroatoms. The highest BCUT2D eigenvalue weighted by atomic mass is 16.5. The molecule has 0 bridgehead atoms. The van der Waals surface area contributed by atoms with Crippen LogP contribution in [-0.2, 0) is 4.79 Å². The van der Waals surface area contributed by atoms with Crippen molar-refractivity contribution in [1.29, 1.82) is 0 Å². The fourth-order valence-electron chi connectivity index (χ4n) is 1.74. The van der Waals surface area contributed by atoms with E-state index in [1.54, 1.807) is 6.92 Å². The Morgan fingerprint density at radius 1 is 1.40 bits per heavy atom. The Kier molecular flexibility index (Phi) is 6.39. The summed E-state index contributed by atoms with van der Waals surface area (Å²) in [4.78, 5) is 10.8. The summed E-state index contributed by atoms with van der Waals surface area (Å²) in [5, 5.41) is 8.89. The van der Waals surface area contributed by atoms with E-state index in [2.05, 4.69) is 18.4 Å². The van der Waals surface area contributed by atoms with Crippen LogP contribution in [0.3, 0.4) is 0 Å². The number of hydrogen-bond acceptors (Lipinski definition) is 2. The Bertz CT molecular complexity index is 517. The minimum absolute atomic E-state index is 0.0106. The fourth-order valence-corrected chi connectivity index (χ4v) is 1.74. The van der Waals surface area contributed by atoms with Gasteiger partial charge in [-0.05, 0) is 31.5 Å². The van der Waals surface area contributed by atoms with Crippen LogP contribution in [0.2, 0.25) is 0 Å². The molecule has 106 valence electrons. The van der Waals surface area contributed by atoms with Crippen LogP contribution in [0, 0.1) is 11.8 Å². The summed E-state index contributed by atoms with van der Waals surface area (Å²) in [6.07, 6.45) is 0.835. The van der Waals surface area contributed by atoms with Gasteiger partial charge in [0.05, 0.1) is 18.9 Å². The molecule has 3 nitrogen and oxygen atoms in total. The highest BCUT2D eigenvalue weighted by molar-refractivity contribution is 5.69. The van der Waals surface area contributed by atoms with Crippen LogP contribution in [0.1, 0.15) is 38.2 Å². The highest BCUT2D eigenvalue weighted by Crippen LogP contribution is 2.22. The Hall–Kier alpha value is -2.21. The smallest absolute Gasteiger partial charge is 0.304 e. The van der Waals surface area contributed by atoms with Gasteiger partial charge in [0.2, 0.25) is 0 Å². The van der Waals surface area contributed by atoms with Crippen LogP contribution in [-0.4, -0.2) is 17.7 Å². The summed E-state index contributed by atoms with van der Waals surface area (Å²) in [6.45, 7) is 8.10. The van der Waals surface area contributed by atoms with Crippen molar-refractivity contribution < 1.29 is 14.6 Å². The number of ether oxygens (including phenoxy) is 1. The van der Waals surface area contributed by atoms with E-state index in [1.807, 2.05) is 31.2 Å². The molecule has 0 heterocycles. The zero-order chi connectivity index (χ0) is 15.0. The van der Waals surface area contributed by atoms with Gasteiger partial charge in [0, 0.05) is 6.42 Å². The Morgan fingerprint density at radius 3 is 2.55 bits per heavy atom. The minimum Gasteiger partial charge on any atom is -0.493 e. The number of aliphatic carboxylic acids is 1. The second-order valence-corrected chi connectivity index (χ2v) is 4.67. The number of carbonyl (C=O) groups is 1. The van der Waals surface area contributed by atoms with E-state index in [4.69, 9.17) is 9.84 Å². The molecule has 0 saturated carbocycles. The first-order chi connectivity index (χ1) is 9.52. The maximum atomic E-state index is 10.8. The maximum Gasteiger partial charge on any atom is 0.304 e. The molecule has 0 aliphatic heterocycles. The van der Waals surface area contributed by atoms with Crippen molar-refractivity contribution in [3.05, 3.63) is 42.0 Å². The van der Waals surface area contributed by atoms with Gasteiger partial charge in [-0.1, -0.05) is 23.6 Å². The lowest BCUT2D eigenvalue weighted by Crippen LogP contribution is -2.04. The molecule has 1 aromatic rings. The molecule has 1 atom stereocenters. The molecular formula is C17H20O3. The maximum absolute atomic E-state index is 10.8. The molecule has 0 aliphatic rings. The molecule has 0 aliphatic carbocycles. The van der Waals surface area contributed by atoms with E-state index in [1.165, 1.54) is 0 Å². The number of benzene rings is 1. The number of rotatable bonds is 7. The fraction of sp³-hybridized carbons (Fsp3) is 0.353. The molecule has 1 aromatic carbocycles. The first kappa shape index (κ1) is 15.8. The molecule has 0 radical (unpaired) electrons. The van der Waals surface area contributed by atoms with Crippen molar-refractivity contribution >= 4 is 5.97 Å². The Balaban J connectivity index is 2.69. The van der Waals surface area contributed by atoms with Crippen molar-refractivity contribution in [2.24, 2.45) is 0 Å². The van der Waals surface area contributed by atoms with Crippen molar-refractivity contribution in [3.63, 3.8) is 0 Å². The van der Waals surface area contributed by atoms with E-state index >= 15 is 0 Å². The third-order valence-corrected chi connectivity index (χ3v) is 2.78. The lowest BCUT2D eigenvalue weighted by molar-refractivity contribution is -0.137. The van der Waals surface area contributed by atoms with E-state index in [0.29, 0.717) is 6.61 Å². The molecule has 1 N–H and O–H groups in total. The van der Waals surface area contributed by atoms with Crippen LogP contribution in [0.5, 0.6) is 5.75 Å². The van der Waals surface area contributed by atoms with Gasteiger partial charge in [-0.15, -0.1) is 12.5 Å². The lowest BCUT2D eigenvalue weighted by atomic mass is 9.96. The lowest BCUT2D eigenvalue weighted by Gasteiger charge is -2.10. The van der Waals surface area contributed by atoms with Gasteiger partial charge >= 0.3 is 5.97 Å². The Morgan fingerprint density at radius 2 is 2.05 bits per heavy atom. The largest absolute Gasteiger partial charge is 0.493 e. The quantitative estimate of drug-likeness (QED) is 0.609. The zero-order valence-corrected chi connectivity index (χ0v) is 12.0. The van der Waals surface area contributed by atoms with Gasteiger partial charge in [-0.25, -0.2) is 0 Å². The van der Waals surface area contributed by atoms with Crippen LogP contribution >= 0.6 is 0 Å². The normalized spacial score (nSPS) is 11.1. The van der Waals surface area contributed by atoms with Crippen molar-refractivity contribution in [1.82, 2.24) is 0 Å². The standard InChI is InChI=1S/C17H20O3/c1-4-5-15(12-17(18)19)14-6-8-16(9-7-14)20-11-10-13(2)3/h6-9,15H,2,10-12H2,1,3H3,(H,18,19). The Labute approximate surface area is 120 Å². The summed E-state index contributed by atoms with van der Waals surface area (Å²) in [5.74, 6) is 5.35. The van der Waals surface area contributed by atoms with Crippen molar-refractivity contribution in [2.75, 3.05) is 6.61 Å². The molecule has 1 rings (SSSR count). The SMILES string of the molecule is C=C(C)CCOc1ccc(C(C#CC)CC(=O)O)cc1. The van der Waals surface area contributed by atoms with Gasteiger partial charge in [-0.3, -0.25) is 4.79 Å². The third-order valence-electron chi connectivity index (χ3n) is 2.78. The van der Waals surface area contributed by atoms with Crippen LogP contribution in [0.15, 0.2) is 36.4 Å². The molecule has 1 unspecified atom stereocenters. The monoisotopic (exact) mass is 272 g/mol. The van der Waals surface area contributed by atoms with Crippen LogP contribution in [0.25, 0.3) is 0 Å². The predicted octanol–water partition coefficient (Wildman–Crippen LogP) is 3.61. The highest BCUT2D eigenvalue weighted by Gasteiger charge is 2.12. The van der Waals surface area contributed by atoms with Gasteiger partial charge in [0.25, 0.3) is 0 Å². The van der Waals surface area contributed by atoms with Crippen molar-refractivity contribution in [2.45, 2.75) is 32.6 Å². The molecule has 0 spiro atoms. The first-order valence-electron chi connectivity index (χ1n) is 6.54. The third kappa shape index (κ3) is 5.62.